The average molecular weight is 513 g/mol. The Kier molecular flexibility index (Phi) is 21.4. The first-order valence-corrected chi connectivity index (χ1v) is 14.0. The van der Waals surface area contributed by atoms with Crippen molar-refractivity contribution < 1.29 is 33.7 Å². The lowest BCUT2D eigenvalue weighted by Crippen LogP contribution is -2.24. The van der Waals surface area contributed by atoms with Crippen molar-refractivity contribution in [1.29, 1.82) is 0 Å². The minimum Gasteiger partial charge on any atom is -0.463 e. The minimum absolute atomic E-state index is 0.0553. The van der Waals surface area contributed by atoms with Crippen LogP contribution >= 0.6 is 0 Å². The van der Waals surface area contributed by atoms with Gasteiger partial charge in [-0.25, -0.2) is 4.79 Å². The fourth-order valence-electron chi connectivity index (χ4n) is 3.57. The number of carbonyl (C=O) groups is 3. The fraction of sp³-hybridized carbons (Fsp3) is 0.828. The Bertz CT molecular complexity index is 600. The number of carbonyl (C=O) groups excluding carboxylic acids is 3. The highest BCUT2D eigenvalue weighted by Gasteiger charge is 2.23. The maximum atomic E-state index is 12.1. The summed E-state index contributed by atoms with van der Waals surface area (Å²) < 4.78 is 15.3. The molecule has 0 spiro atoms. The molecule has 0 aliphatic carbocycles. The molecule has 210 valence electrons. The van der Waals surface area contributed by atoms with E-state index in [1.165, 1.54) is 32.1 Å². The molecule has 7 heteroatoms. The normalized spacial score (nSPS) is 12.2. The molecule has 1 N–H and O–H groups in total. The van der Waals surface area contributed by atoms with Crippen LogP contribution in [0.2, 0.25) is 0 Å². The van der Waals surface area contributed by atoms with Gasteiger partial charge in [-0.05, 0) is 32.1 Å². The van der Waals surface area contributed by atoms with E-state index in [-0.39, 0.29) is 24.6 Å². The molecule has 0 bridgehead atoms. The molecule has 1 atom stereocenters. The zero-order valence-electron chi connectivity index (χ0n) is 23.2. The van der Waals surface area contributed by atoms with Crippen molar-refractivity contribution in [2.75, 3.05) is 26.4 Å². The molecule has 0 radical (unpaired) electrons. The lowest BCUT2D eigenvalue weighted by Gasteiger charge is -2.20. The first kappa shape index (κ1) is 34.3. The summed E-state index contributed by atoms with van der Waals surface area (Å²) >= 11 is 0. The maximum absolute atomic E-state index is 12.1. The highest BCUT2D eigenvalue weighted by atomic mass is 16.5. The Labute approximate surface area is 219 Å². The molecule has 0 fully saturated rings. The molecular weight excluding hydrogens is 460 g/mol. The van der Waals surface area contributed by atoms with Crippen LogP contribution in [0.1, 0.15) is 117 Å². The predicted octanol–water partition coefficient (Wildman–Crippen LogP) is 6.10. The third-order valence-corrected chi connectivity index (χ3v) is 6.51. The standard InChI is InChI=1S/C29H52O7/c1-5-27(32)35-22-18-17-21-34-23-25(30)24-36-28(33)20-16-14-12-10-8-7-9-11-13-15-19-26(31)29(3,4)6-2/h5,25,30H,1,6-24H2,2-4H3. The molecule has 36 heavy (non-hydrogen) atoms. The van der Waals surface area contributed by atoms with E-state index < -0.39 is 12.1 Å². The second kappa shape index (κ2) is 22.5. The highest BCUT2D eigenvalue weighted by Crippen LogP contribution is 2.24. The van der Waals surface area contributed by atoms with Gasteiger partial charge in [0.2, 0.25) is 0 Å². The lowest BCUT2D eigenvalue weighted by atomic mass is 9.83. The Balaban J connectivity index is 3.43. The van der Waals surface area contributed by atoms with Gasteiger partial charge in [0, 0.05) is 30.9 Å². The van der Waals surface area contributed by atoms with E-state index in [0.29, 0.717) is 44.7 Å². The van der Waals surface area contributed by atoms with Gasteiger partial charge >= 0.3 is 11.9 Å². The molecule has 0 rings (SSSR count). The first-order chi connectivity index (χ1) is 17.2. The molecule has 0 aromatic carbocycles. The summed E-state index contributed by atoms with van der Waals surface area (Å²) in [6.45, 7) is 10.3. The summed E-state index contributed by atoms with van der Waals surface area (Å²) in [5.74, 6) is -0.320. The largest absolute Gasteiger partial charge is 0.463 e. The van der Waals surface area contributed by atoms with Gasteiger partial charge in [0.15, 0.2) is 0 Å². The van der Waals surface area contributed by atoms with Gasteiger partial charge in [0.25, 0.3) is 0 Å². The number of ketones is 1. The van der Waals surface area contributed by atoms with Gasteiger partial charge in [-0.2, -0.15) is 0 Å². The summed E-state index contributed by atoms with van der Waals surface area (Å²) in [6, 6.07) is 0. The first-order valence-electron chi connectivity index (χ1n) is 14.0. The van der Waals surface area contributed by atoms with Crippen LogP contribution in [0.3, 0.4) is 0 Å². The van der Waals surface area contributed by atoms with E-state index in [0.717, 1.165) is 44.6 Å². The van der Waals surface area contributed by atoms with Crippen LogP contribution in [0.5, 0.6) is 0 Å². The molecule has 0 heterocycles. The van der Waals surface area contributed by atoms with E-state index in [4.69, 9.17) is 14.2 Å². The van der Waals surface area contributed by atoms with Gasteiger partial charge in [-0.3, -0.25) is 9.59 Å². The second-order valence-corrected chi connectivity index (χ2v) is 10.2. The third kappa shape index (κ3) is 20.5. The molecule has 0 saturated carbocycles. The van der Waals surface area contributed by atoms with E-state index in [2.05, 4.69) is 13.5 Å². The molecule has 0 aromatic rings. The van der Waals surface area contributed by atoms with Crippen molar-refractivity contribution in [2.24, 2.45) is 5.41 Å². The van der Waals surface area contributed by atoms with Crippen molar-refractivity contribution in [3.05, 3.63) is 12.7 Å². The zero-order valence-corrected chi connectivity index (χ0v) is 23.2. The molecule has 0 aromatic heterocycles. The molecule has 1 unspecified atom stereocenters. The van der Waals surface area contributed by atoms with Crippen molar-refractivity contribution in [1.82, 2.24) is 0 Å². The van der Waals surface area contributed by atoms with E-state index in [9.17, 15) is 19.5 Å². The number of aliphatic hydroxyl groups excluding tert-OH is 1. The number of hydrogen-bond acceptors (Lipinski definition) is 7. The average Bonchev–Trinajstić information content (AvgIpc) is 2.86. The molecule has 0 amide bonds. The Morgan fingerprint density at radius 2 is 1.31 bits per heavy atom. The Morgan fingerprint density at radius 3 is 1.86 bits per heavy atom. The molecule has 0 saturated heterocycles. The number of unbranched alkanes of at least 4 members (excludes halogenated alkanes) is 10. The summed E-state index contributed by atoms with van der Waals surface area (Å²) in [5, 5.41) is 9.83. The van der Waals surface area contributed by atoms with Crippen LogP contribution in [0.25, 0.3) is 0 Å². The monoisotopic (exact) mass is 512 g/mol. The lowest BCUT2D eigenvalue weighted by molar-refractivity contribution is -0.148. The van der Waals surface area contributed by atoms with Crippen LogP contribution < -0.4 is 0 Å². The molecule has 7 nitrogen and oxygen atoms in total. The number of rotatable bonds is 25. The van der Waals surface area contributed by atoms with E-state index in [1.807, 2.05) is 13.8 Å². The maximum Gasteiger partial charge on any atom is 0.330 e. The Hall–Kier alpha value is -1.73. The quantitative estimate of drug-likeness (QED) is 0.0896. The number of Topliss-reactive ketones (excluding diaryl/α,β-unsaturated/α-hetero) is 1. The Morgan fingerprint density at radius 1 is 0.778 bits per heavy atom. The summed E-state index contributed by atoms with van der Waals surface area (Å²) in [5.41, 5.74) is -0.166. The van der Waals surface area contributed by atoms with Crippen LogP contribution in [0.15, 0.2) is 12.7 Å². The second-order valence-electron chi connectivity index (χ2n) is 10.2. The van der Waals surface area contributed by atoms with E-state index >= 15 is 0 Å². The van der Waals surface area contributed by atoms with Crippen molar-refractivity contribution in [2.45, 2.75) is 123 Å². The summed E-state index contributed by atoms with van der Waals surface area (Å²) in [4.78, 5) is 34.8. The topological polar surface area (TPSA) is 99.1 Å². The van der Waals surface area contributed by atoms with Crippen LogP contribution in [-0.4, -0.2) is 55.4 Å². The van der Waals surface area contributed by atoms with Crippen LogP contribution in [0.4, 0.5) is 0 Å². The van der Waals surface area contributed by atoms with Gasteiger partial charge in [-0.15, -0.1) is 0 Å². The number of esters is 2. The summed E-state index contributed by atoms with van der Waals surface area (Å²) in [6.07, 6.45) is 14.8. The molecular formula is C29H52O7. The minimum atomic E-state index is -0.837. The van der Waals surface area contributed by atoms with E-state index in [1.54, 1.807) is 0 Å². The zero-order chi connectivity index (χ0) is 27.1. The number of hydrogen-bond donors (Lipinski definition) is 1. The van der Waals surface area contributed by atoms with Crippen molar-refractivity contribution in [3.63, 3.8) is 0 Å². The van der Waals surface area contributed by atoms with Crippen LogP contribution in [0, 0.1) is 5.41 Å². The van der Waals surface area contributed by atoms with Gasteiger partial charge in [0.1, 0.15) is 18.5 Å². The third-order valence-electron chi connectivity index (χ3n) is 6.51. The van der Waals surface area contributed by atoms with Crippen molar-refractivity contribution in [3.8, 4) is 0 Å². The summed E-state index contributed by atoms with van der Waals surface area (Å²) in [7, 11) is 0. The van der Waals surface area contributed by atoms with Crippen LogP contribution in [-0.2, 0) is 28.6 Å². The number of aliphatic hydroxyl groups is 1. The van der Waals surface area contributed by atoms with Crippen molar-refractivity contribution >= 4 is 17.7 Å². The fourth-order valence-corrected chi connectivity index (χ4v) is 3.57. The van der Waals surface area contributed by atoms with Gasteiger partial charge in [0.05, 0.1) is 13.2 Å². The predicted molar refractivity (Wildman–Crippen MR) is 143 cm³/mol. The smallest absolute Gasteiger partial charge is 0.330 e. The molecule has 0 aliphatic rings. The highest BCUT2D eigenvalue weighted by molar-refractivity contribution is 5.83. The SMILES string of the molecule is C=CC(=O)OCCCCOCC(O)COC(=O)CCCCCCCCCCCCC(=O)C(C)(C)CC. The van der Waals surface area contributed by atoms with Gasteiger partial charge in [-0.1, -0.05) is 78.7 Å². The van der Waals surface area contributed by atoms with Gasteiger partial charge < -0.3 is 19.3 Å². The number of ether oxygens (including phenoxy) is 3. The molecule has 0 aliphatic heterocycles.